The molecule has 0 aliphatic heterocycles. The van der Waals surface area contributed by atoms with Crippen LogP contribution in [0.1, 0.15) is 42.7 Å². The van der Waals surface area contributed by atoms with Crippen LogP contribution in [-0.4, -0.2) is 18.2 Å². The number of halogens is 2. The zero-order valence-corrected chi connectivity index (χ0v) is 10.6. The number of carbonyl (C=O) groups is 1. The molecule has 1 aromatic rings. The smallest absolute Gasteiger partial charge is 0.303 e. The first-order valence-electron chi connectivity index (χ1n) is 6.20. The van der Waals surface area contributed by atoms with E-state index in [1.165, 1.54) is 19.2 Å². The fourth-order valence-electron chi connectivity index (χ4n) is 2.42. The third kappa shape index (κ3) is 3.22. The van der Waals surface area contributed by atoms with Gasteiger partial charge in [0.25, 0.3) is 6.43 Å². The van der Waals surface area contributed by atoms with Gasteiger partial charge in [-0.05, 0) is 48.4 Å². The Hall–Kier alpha value is -1.65. The van der Waals surface area contributed by atoms with E-state index in [0.717, 1.165) is 12.8 Å². The summed E-state index contributed by atoms with van der Waals surface area (Å²) in [6, 6.07) is 4.36. The fraction of sp³-hybridized carbons (Fsp3) is 0.500. The van der Waals surface area contributed by atoms with Gasteiger partial charge in [0.15, 0.2) is 0 Å². The van der Waals surface area contributed by atoms with Crippen LogP contribution in [0.2, 0.25) is 0 Å². The van der Waals surface area contributed by atoms with Crippen LogP contribution in [0.5, 0.6) is 5.75 Å². The molecule has 0 spiro atoms. The third-order valence-corrected chi connectivity index (χ3v) is 3.51. The quantitative estimate of drug-likeness (QED) is 0.859. The lowest BCUT2D eigenvalue weighted by atomic mass is 9.87. The van der Waals surface area contributed by atoms with E-state index in [9.17, 15) is 13.6 Å². The minimum Gasteiger partial charge on any atom is -0.497 e. The molecule has 0 amide bonds. The highest BCUT2D eigenvalue weighted by molar-refractivity contribution is 5.68. The summed E-state index contributed by atoms with van der Waals surface area (Å²) in [7, 11) is 1.46. The molecule has 1 saturated carbocycles. The topological polar surface area (TPSA) is 46.5 Å². The summed E-state index contributed by atoms with van der Waals surface area (Å²) < 4.78 is 31.2. The van der Waals surface area contributed by atoms with Crippen molar-refractivity contribution >= 4 is 5.97 Å². The highest BCUT2D eigenvalue weighted by Crippen LogP contribution is 2.47. The molecule has 1 aliphatic carbocycles. The molecule has 0 bridgehead atoms. The second kappa shape index (κ2) is 5.55. The maximum Gasteiger partial charge on any atom is 0.303 e. The van der Waals surface area contributed by atoms with Crippen LogP contribution in [0.25, 0.3) is 0 Å². The average Bonchev–Trinajstić information content (AvgIpc) is 3.19. The van der Waals surface area contributed by atoms with Crippen molar-refractivity contribution in [3.8, 4) is 5.75 Å². The highest BCUT2D eigenvalue weighted by Gasteiger charge is 2.36. The van der Waals surface area contributed by atoms with Gasteiger partial charge in [0.2, 0.25) is 0 Å². The Labute approximate surface area is 110 Å². The summed E-state index contributed by atoms with van der Waals surface area (Å²) in [5.74, 6) is -0.632. The lowest BCUT2D eigenvalue weighted by Gasteiger charge is -2.19. The van der Waals surface area contributed by atoms with E-state index in [1.807, 2.05) is 0 Å². The van der Waals surface area contributed by atoms with E-state index in [-0.39, 0.29) is 23.8 Å². The molecular weight excluding hydrogens is 254 g/mol. The minimum atomic E-state index is -2.60. The third-order valence-electron chi connectivity index (χ3n) is 3.51. The summed E-state index contributed by atoms with van der Waals surface area (Å²) in [5.41, 5.74) is 0.332. The molecule has 0 heterocycles. The average molecular weight is 270 g/mol. The molecule has 1 unspecified atom stereocenters. The molecule has 19 heavy (non-hydrogen) atoms. The van der Waals surface area contributed by atoms with E-state index in [0.29, 0.717) is 11.3 Å². The normalized spacial score (nSPS) is 16.4. The zero-order chi connectivity index (χ0) is 14.0. The van der Waals surface area contributed by atoms with E-state index in [2.05, 4.69) is 0 Å². The standard InChI is InChI=1S/C14H16F2O3/c1-19-9-4-5-10(14(15)16)12(6-9)11(7-13(17)18)8-2-3-8/h4-6,8,11,14H,2-3,7H2,1H3,(H,17,18). The maximum absolute atomic E-state index is 13.1. The van der Waals surface area contributed by atoms with Gasteiger partial charge in [0.1, 0.15) is 5.75 Å². The largest absolute Gasteiger partial charge is 0.497 e. The number of ether oxygens (including phenoxy) is 1. The number of methoxy groups -OCH3 is 1. The fourth-order valence-corrected chi connectivity index (χ4v) is 2.42. The Morgan fingerprint density at radius 2 is 2.11 bits per heavy atom. The molecule has 0 radical (unpaired) electrons. The van der Waals surface area contributed by atoms with Crippen molar-refractivity contribution < 1.29 is 23.4 Å². The molecule has 1 aromatic carbocycles. The van der Waals surface area contributed by atoms with Gasteiger partial charge < -0.3 is 9.84 Å². The predicted molar refractivity (Wildman–Crippen MR) is 65.7 cm³/mol. The molecule has 3 nitrogen and oxygen atoms in total. The van der Waals surface area contributed by atoms with Crippen LogP contribution < -0.4 is 4.74 Å². The van der Waals surface area contributed by atoms with Gasteiger partial charge in [-0.1, -0.05) is 0 Å². The van der Waals surface area contributed by atoms with Crippen LogP contribution >= 0.6 is 0 Å². The SMILES string of the molecule is COc1ccc(C(F)F)c(C(CC(=O)O)C2CC2)c1. The van der Waals surface area contributed by atoms with Crippen molar-refractivity contribution in [1.29, 1.82) is 0 Å². The van der Waals surface area contributed by atoms with Gasteiger partial charge in [0, 0.05) is 5.56 Å². The number of hydrogen-bond acceptors (Lipinski definition) is 2. The van der Waals surface area contributed by atoms with Gasteiger partial charge in [-0.2, -0.15) is 0 Å². The molecule has 104 valence electrons. The number of carboxylic acid groups (broad SMARTS) is 1. The van der Waals surface area contributed by atoms with Crippen molar-refractivity contribution in [2.24, 2.45) is 5.92 Å². The van der Waals surface area contributed by atoms with E-state index >= 15 is 0 Å². The van der Waals surface area contributed by atoms with E-state index in [1.54, 1.807) is 6.07 Å². The molecule has 1 atom stereocenters. The van der Waals surface area contributed by atoms with Gasteiger partial charge in [-0.3, -0.25) is 4.79 Å². The summed E-state index contributed by atoms with van der Waals surface area (Å²) >= 11 is 0. The lowest BCUT2D eigenvalue weighted by molar-refractivity contribution is -0.137. The van der Waals surface area contributed by atoms with Crippen molar-refractivity contribution in [1.82, 2.24) is 0 Å². The molecule has 2 rings (SSSR count). The molecule has 1 fully saturated rings. The maximum atomic E-state index is 13.1. The van der Waals surface area contributed by atoms with Gasteiger partial charge in [-0.25, -0.2) is 8.78 Å². The molecule has 1 aliphatic rings. The van der Waals surface area contributed by atoms with Gasteiger partial charge in [-0.15, -0.1) is 0 Å². The first-order valence-corrected chi connectivity index (χ1v) is 6.20. The summed E-state index contributed by atoms with van der Waals surface area (Å²) in [6.07, 6.45) is -0.913. The first kappa shape index (κ1) is 13.8. The molecular formula is C14H16F2O3. The number of carboxylic acids is 1. The van der Waals surface area contributed by atoms with Gasteiger partial charge in [0.05, 0.1) is 13.5 Å². The van der Waals surface area contributed by atoms with Crippen molar-refractivity contribution in [2.45, 2.75) is 31.6 Å². The van der Waals surface area contributed by atoms with Gasteiger partial charge >= 0.3 is 5.97 Å². The monoisotopic (exact) mass is 270 g/mol. The van der Waals surface area contributed by atoms with Crippen LogP contribution in [0.3, 0.4) is 0 Å². The summed E-state index contributed by atoms with van der Waals surface area (Å²) in [5, 5.41) is 8.96. The van der Waals surface area contributed by atoms with Crippen molar-refractivity contribution in [2.75, 3.05) is 7.11 Å². The Kier molecular flexibility index (Phi) is 4.02. The van der Waals surface area contributed by atoms with Crippen LogP contribution in [0.15, 0.2) is 18.2 Å². The number of rotatable bonds is 6. The Balaban J connectivity index is 2.40. The molecule has 5 heteroatoms. The Morgan fingerprint density at radius 1 is 1.42 bits per heavy atom. The first-order chi connectivity index (χ1) is 9.02. The van der Waals surface area contributed by atoms with Crippen LogP contribution in [0, 0.1) is 5.92 Å². The van der Waals surface area contributed by atoms with Crippen LogP contribution in [0.4, 0.5) is 8.78 Å². The summed E-state index contributed by atoms with van der Waals surface area (Å²) in [6.45, 7) is 0. The predicted octanol–water partition coefficient (Wildman–Crippen LogP) is 3.60. The Bertz CT molecular complexity index is 470. The van der Waals surface area contributed by atoms with Crippen molar-refractivity contribution in [3.63, 3.8) is 0 Å². The molecule has 0 saturated heterocycles. The summed E-state index contributed by atoms with van der Waals surface area (Å²) in [4.78, 5) is 10.9. The van der Waals surface area contributed by atoms with Crippen molar-refractivity contribution in [3.05, 3.63) is 29.3 Å². The second-order valence-electron chi connectivity index (χ2n) is 4.84. The second-order valence-corrected chi connectivity index (χ2v) is 4.84. The number of hydrogen-bond donors (Lipinski definition) is 1. The number of benzene rings is 1. The molecule has 0 aromatic heterocycles. The lowest BCUT2D eigenvalue weighted by Crippen LogP contribution is -2.11. The zero-order valence-electron chi connectivity index (χ0n) is 10.6. The van der Waals surface area contributed by atoms with E-state index < -0.39 is 12.4 Å². The minimum absolute atomic E-state index is 0.0843. The van der Waals surface area contributed by atoms with E-state index in [4.69, 9.17) is 9.84 Å². The molecule has 1 N–H and O–H groups in total. The number of aliphatic carboxylic acids is 1. The van der Waals surface area contributed by atoms with Crippen LogP contribution in [-0.2, 0) is 4.79 Å². The number of alkyl halides is 2. The highest BCUT2D eigenvalue weighted by atomic mass is 19.3. The Morgan fingerprint density at radius 3 is 2.58 bits per heavy atom.